The molecule has 3 N–H and O–H groups in total. The van der Waals surface area contributed by atoms with Gasteiger partial charge in [0.1, 0.15) is 0 Å². The molecule has 0 saturated heterocycles. The first kappa shape index (κ1) is 36.6. The third kappa shape index (κ3) is 40.9. The van der Waals surface area contributed by atoms with Crippen LogP contribution in [0.5, 0.6) is 0 Å². The van der Waals surface area contributed by atoms with Gasteiger partial charge in [0.15, 0.2) is 0 Å². The summed E-state index contributed by atoms with van der Waals surface area (Å²) in [6.45, 7) is 7.77. The van der Waals surface area contributed by atoms with Crippen LogP contribution in [0.25, 0.3) is 0 Å². The monoisotopic (exact) mass is 498 g/mol. The molecule has 0 aromatic heterocycles. The van der Waals surface area contributed by atoms with Crippen LogP contribution in [0, 0.1) is 5.92 Å². The van der Waals surface area contributed by atoms with Crippen LogP contribution in [0.1, 0.15) is 188 Å². The number of unbranched alkanes of at least 4 members (excludes halogenated alkanes) is 22. The molecule has 0 heterocycles. The van der Waals surface area contributed by atoms with E-state index in [2.05, 4.69) is 20.8 Å². The first-order chi connectivity index (χ1) is 17.0. The highest BCUT2D eigenvalue weighted by atomic mass is 16.4. The van der Waals surface area contributed by atoms with E-state index >= 15 is 0 Å². The standard InChI is InChI=1S/C18H36O2.C14H31N/c1-2-3-4-5-6-7-8-9-10-11-12-13-14-15-16-17-18(19)20;1-14(2)12-10-8-6-4-3-5-7-9-11-13-15/h2-17H2,1H3,(H,19,20);14H,3-13,15H2,1-2H3. The average molecular weight is 498 g/mol. The van der Waals surface area contributed by atoms with E-state index in [4.69, 9.17) is 10.8 Å². The number of aliphatic carboxylic acids is 1. The number of carboxylic acids is 1. The predicted molar refractivity (Wildman–Crippen MR) is 157 cm³/mol. The van der Waals surface area contributed by atoms with E-state index in [0.717, 1.165) is 25.3 Å². The summed E-state index contributed by atoms with van der Waals surface area (Å²) in [6, 6.07) is 0. The maximum atomic E-state index is 10.3. The van der Waals surface area contributed by atoms with Gasteiger partial charge in [-0.3, -0.25) is 4.79 Å². The van der Waals surface area contributed by atoms with Gasteiger partial charge in [-0.25, -0.2) is 0 Å². The van der Waals surface area contributed by atoms with E-state index in [-0.39, 0.29) is 0 Å². The molecule has 0 spiro atoms. The van der Waals surface area contributed by atoms with Gasteiger partial charge in [0, 0.05) is 6.42 Å². The Labute approximate surface area is 221 Å². The fourth-order valence-corrected chi connectivity index (χ4v) is 4.58. The van der Waals surface area contributed by atoms with Crippen LogP contribution in [-0.4, -0.2) is 17.6 Å². The van der Waals surface area contributed by atoms with Gasteiger partial charge >= 0.3 is 5.97 Å². The van der Waals surface area contributed by atoms with Crippen LogP contribution in [-0.2, 0) is 4.79 Å². The second kappa shape index (κ2) is 33.4. The Morgan fingerprint density at radius 2 is 0.857 bits per heavy atom. The molecule has 0 atom stereocenters. The molecule has 0 aromatic rings. The average Bonchev–Trinajstić information content (AvgIpc) is 2.83. The number of rotatable bonds is 27. The van der Waals surface area contributed by atoms with Gasteiger partial charge in [0.25, 0.3) is 0 Å². The molecular weight excluding hydrogens is 430 g/mol. The van der Waals surface area contributed by atoms with Gasteiger partial charge in [0.2, 0.25) is 0 Å². The van der Waals surface area contributed by atoms with E-state index in [1.54, 1.807) is 0 Å². The summed E-state index contributed by atoms with van der Waals surface area (Å²) in [6.07, 6.45) is 34.2. The highest BCUT2D eigenvalue weighted by molar-refractivity contribution is 5.66. The molecule has 212 valence electrons. The third-order valence-electron chi connectivity index (χ3n) is 6.98. The predicted octanol–water partition coefficient (Wildman–Crippen LogP) is 10.8. The van der Waals surface area contributed by atoms with Crippen molar-refractivity contribution in [2.45, 2.75) is 188 Å². The highest BCUT2D eigenvalue weighted by Gasteiger charge is 1.97. The summed E-state index contributed by atoms with van der Waals surface area (Å²) in [5.41, 5.74) is 5.45. The summed E-state index contributed by atoms with van der Waals surface area (Å²) < 4.78 is 0. The highest BCUT2D eigenvalue weighted by Crippen LogP contribution is 2.14. The van der Waals surface area contributed by atoms with Crippen molar-refractivity contribution in [3.63, 3.8) is 0 Å². The largest absolute Gasteiger partial charge is 0.481 e. The topological polar surface area (TPSA) is 63.3 Å². The lowest BCUT2D eigenvalue weighted by atomic mass is 10.0. The van der Waals surface area contributed by atoms with Crippen molar-refractivity contribution in [3.8, 4) is 0 Å². The molecule has 0 aliphatic rings. The normalized spacial score (nSPS) is 11.0. The Balaban J connectivity index is 0. The van der Waals surface area contributed by atoms with E-state index in [1.165, 1.54) is 148 Å². The summed E-state index contributed by atoms with van der Waals surface area (Å²) in [7, 11) is 0. The molecule has 0 aliphatic carbocycles. The van der Waals surface area contributed by atoms with Gasteiger partial charge in [-0.2, -0.15) is 0 Å². The number of nitrogens with two attached hydrogens (primary N) is 1. The molecule has 0 unspecified atom stereocenters. The molecule has 0 bridgehead atoms. The minimum absolute atomic E-state index is 0.345. The molecule has 3 nitrogen and oxygen atoms in total. The fourth-order valence-electron chi connectivity index (χ4n) is 4.58. The van der Waals surface area contributed by atoms with Crippen molar-refractivity contribution in [1.29, 1.82) is 0 Å². The van der Waals surface area contributed by atoms with Crippen LogP contribution >= 0.6 is 0 Å². The maximum Gasteiger partial charge on any atom is 0.303 e. The molecule has 0 amide bonds. The Kier molecular flexibility index (Phi) is 34.9. The maximum absolute atomic E-state index is 10.3. The van der Waals surface area contributed by atoms with E-state index in [0.29, 0.717) is 6.42 Å². The van der Waals surface area contributed by atoms with Crippen molar-refractivity contribution in [2.75, 3.05) is 6.54 Å². The Morgan fingerprint density at radius 1 is 0.543 bits per heavy atom. The second-order valence-electron chi connectivity index (χ2n) is 11.2. The summed E-state index contributed by atoms with van der Waals surface area (Å²) >= 11 is 0. The van der Waals surface area contributed by atoms with Gasteiger partial charge in [-0.15, -0.1) is 0 Å². The number of hydrogen-bond acceptors (Lipinski definition) is 2. The Hall–Kier alpha value is -0.570. The molecule has 3 heteroatoms. The number of carboxylic acid groups (broad SMARTS) is 1. The lowest BCUT2D eigenvalue weighted by Crippen LogP contribution is -1.97. The SMILES string of the molecule is CC(C)CCCCCCCCCCCN.CCCCCCCCCCCCCCCCCC(=O)O. The van der Waals surface area contributed by atoms with Crippen LogP contribution in [0.4, 0.5) is 0 Å². The van der Waals surface area contributed by atoms with Gasteiger partial charge in [0.05, 0.1) is 0 Å². The van der Waals surface area contributed by atoms with Crippen LogP contribution in [0.3, 0.4) is 0 Å². The number of carbonyl (C=O) groups is 1. The zero-order valence-electron chi connectivity index (χ0n) is 24.6. The van der Waals surface area contributed by atoms with Crippen molar-refractivity contribution in [2.24, 2.45) is 11.7 Å². The molecule has 0 aromatic carbocycles. The van der Waals surface area contributed by atoms with Gasteiger partial charge in [-0.05, 0) is 25.3 Å². The Bertz CT molecular complexity index is 384. The molecule has 0 saturated carbocycles. The summed E-state index contributed by atoms with van der Waals surface area (Å²) in [5.74, 6) is 0.237. The van der Waals surface area contributed by atoms with Crippen LogP contribution in [0.2, 0.25) is 0 Å². The summed E-state index contributed by atoms with van der Waals surface area (Å²) in [5, 5.41) is 8.52. The first-order valence-corrected chi connectivity index (χ1v) is 16.0. The zero-order chi connectivity index (χ0) is 26.2. The van der Waals surface area contributed by atoms with Crippen molar-refractivity contribution >= 4 is 5.97 Å². The second-order valence-corrected chi connectivity index (χ2v) is 11.2. The smallest absolute Gasteiger partial charge is 0.303 e. The van der Waals surface area contributed by atoms with E-state index in [9.17, 15) is 4.79 Å². The molecule has 0 rings (SSSR count). The van der Waals surface area contributed by atoms with E-state index < -0.39 is 5.97 Å². The van der Waals surface area contributed by atoms with Crippen molar-refractivity contribution in [1.82, 2.24) is 0 Å². The van der Waals surface area contributed by atoms with Crippen LogP contribution < -0.4 is 5.73 Å². The zero-order valence-corrected chi connectivity index (χ0v) is 24.6. The lowest BCUT2D eigenvalue weighted by Gasteiger charge is -2.04. The first-order valence-electron chi connectivity index (χ1n) is 16.0. The molecule has 0 radical (unpaired) electrons. The lowest BCUT2D eigenvalue weighted by molar-refractivity contribution is -0.137. The van der Waals surface area contributed by atoms with E-state index in [1.807, 2.05) is 0 Å². The minimum Gasteiger partial charge on any atom is -0.481 e. The van der Waals surface area contributed by atoms with Crippen LogP contribution in [0.15, 0.2) is 0 Å². The fraction of sp³-hybridized carbons (Fsp3) is 0.969. The quantitative estimate of drug-likeness (QED) is 0.111. The molecule has 0 aliphatic heterocycles. The third-order valence-corrected chi connectivity index (χ3v) is 6.98. The number of hydrogen-bond donors (Lipinski definition) is 2. The Morgan fingerprint density at radius 3 is 1.17 bits per heavy atom. The van der Waals surface area contributed by atoms with Gasteiger partial charge in [-0.1, -0.05) is 168 Å². The van der Waals surface area contributed by atoms with Crippen molar-refractivity contribution in [3.05, 3.63) is 0 Å². The minimum atomic E-state index is -0.653. The molecular formula is C32H67NO2. The summed E-state index contributed by atoms with van der Waals surface area (Å²) in [4.78, 5) is 10.3. The molecule has 0 fully saturated rings. The van der Waals surface area contributed by atoms with Crippen molar-refractivity contribution < 1.29 is 9.90 Å². The molecule has 35 heavy (non-hydrogen) atoms. The van der Waals surface area contributed by atoms with Gasteiger partial charge < -0.3 is 10.8 Å².